The van der Waals surface area contributed by atoms with E-state index in [1.165, 1.54) is 12.1 Å². The van der Waals surface area contributed by atoms with E-state index in [2.05, 4.69) is 5.43 Å². The van der Waals surface area contributed by atoms with Crippen molar-refractivity contribution in [3.63, 3.8) is 0 Å². The number of nitrogens with zero attached hydrogens (tertiary/aromatic N) is 1. The minimum atomic E-state index is -4.63. The Bertz CT molecular complexity index is 516. The third-order valence-corrected chi connectivity index (χ3v) is 2.75. The third-order valence-electron chi connectivity index (χ3n) is 2.75. The van der Waals surface area contributed by atoms with Crippen molar-refractivity contribution in [2.24, 2.45) is 5.41 Å². The zero-order valence-electron chi connectivity index (χ0n) is 12.5. The van der Waals surface area contributed by atoms with Crippen molar-refractivity contribution >= 4 is 11.5 Å². The first-order valence-electron chi connectivity index (χ1n) is 6.40. The van der Waals surface area contributed by atoms with Gasteiger partial charge in [-0.25, -0.2) is 0 Å². The topological polar surface area (TPSA) is 32.3 Å². The standard InChI is InChI=1S/C15H19F3N2O/c1-14(2,3)13(21)10-12(15(16,17)18)19-20(4)11-8-6-5-7-9-11/h5-10,19H,1-4H3/b12-10-. The van der Waals surface area contributed by atoms with Crippen molar-refractivity contribution in [2.45, 2.75) is 26.9 Å². The molecule has 0 heterocycles. The van der Waals surface area contributed by atoms with Gasteiger partial charge in [0, 0.05) is 18.5 Å². The molecule has 21 heavy (non-hydrogen) atoms. The quantitative estimate of drug-likeness (QED) is 0.680. The molecule has 3 nitrogen and oxygen atoms in total. The summed E-state index contributed by atoms with van der Waals surface area (Å²) in [7, 11) is 1.45. The minimum absolute atomic E-state index is 0.552. The van der Waals surface area contributed by atoms with Gasteiger partial charge in [-0.1, -0.05) is 39.0 Å². The lowest BCUT2D eigenvalue weighted by molar-refractivity contribution is -0.123. The van der Waals surface area contributed by atoms with Gasteiger partial charge in [0.25, 0.3) is 0 Å². The molecule has 0 aliphatic carbocycles. The van der Waals surface area contributed by atoms with E-state index < -0.39 is 23.1 Å². The fourth-order valence-corrected chi connectivity index (χ4v) is 1.42. The van der Waals surface area contributed by atoms with E-state index in [1.54, 1.807) is 51.1 Å². The van der Waals surface area contributed by atoms with Crippen LogP contribution < -0.4 is 10.4 Å². The van der Waals surface area contributed by atoms with Gasteiger partial charge < -0.3 is 0 Å². The van der Waals surface area contributed by atoms with Crippen LogP contribution in [0.4, 0.5) is 18.9 Å². The molecule has 1 aromatic rings. The summed E-state index contributed by atoms with van der Waals surface area (Å²) in [6.07, 6.45) is -4.02. The van der Waals surface area contributed by atoms with Crippen molar-refractivity contribution in [3.05, 3.63) is 42.1 Å². The normalized spacial score (nSPS) is 13.0. The predicted molar refractivity (Wildman–Crippen MR) is 76.6 cm³/mol. The highest BCUT2D eigenvalue weighted by atomic mass is 19.4. The Balaban J connectivity index is 3.01. The monoisotopic (exact) mass is 300 g/mol. The lowest BCUT2D eigenvalue weighted by Gasteiger charge is -2.25. The number of rotatable bonds is 4. The molecule has 0 spiro atoms. The van der Waals surface area contributed by atoms with Crippen LogP contribution >= 0.6 is 0 Å². The molecule has 0 bridgehead atoms. The highest BCUT2D eigenvalue weighted by molar-refractivity contribution is 5.94. The molecule has 0 aliphatic rings. The maximum absolute atomic E-state index is 13.0. The molecule has 1 N–H and O–H groups in total. The van der Waals surface area contributed by atoms with Gasteiger partial charge in [0.05, 0.1) is 5.69 Å². The Morgan fingerprint density at radius 3 is 2.10 bits per heavy atom. The van der Waals surface area contributed by atoms with E-state index in [9.17, 15) is 18.0 Å². The number of nitrogens with one attached hydrogen (secondary N) is 1. The largest absolute Gasteiger partial charge is 0.432 e. The number of hydrogen-bond acceptors (Lipinski definition) is 3. The summed E-state index contributed by atoms with van der Waals surface area (Å²) >= 11 is 0. The average molecular weight is 300 g/mol. The molecular weight excluding hydrogens is 281 g/mol. The third kappa shape index (κ3) is 5.13. The van der Waals surface area contributed by atoms with Gasteiger partial charge in [-0.05, 0) is 12.1 Å². The Morgan fingerprint density at radius 2 is 1.67 bits per heavy atom. The maximum Gasteiger partial charge on any atom is 0.432 e. The van der Waals surface area contributed by atoms with E-state index in [-0.39, 0.29) is 0 Å². The Hall–Kier alpha value is -1.98. The zero-order chi connectivity index (χ0) is 16.3. The molecule has 0 amide bonds. The van der Waals surface area contributed by atoms with Crippen LogP contribution in [0, 0.1) is 5.41 Å². The number of hydrazine groups is 1. The summed E-state index contributed by atoms with van der Waals surface area (Å²) in [4.78, 5) is 11.8. The van der Waals surface area contributed by atoms with Gasteiger partial charge in [0.15, 0.2) is 5.78 Å². The van der Waals surface area contributed by atoms with Gasteiger partial charge >= 0.3 is 6.18 Å². The molecule has 6 heteroatoms. The summed E-state index contributed by atoms with van der Waals surface area (Å²) in [6.45, 7) is 4.71. The number of benzene rings is 1. The average Bonchev–Trinajstić information content (AvgIpc) is 2.36. The molecule has 1 rings (SSSR count). The second-order valence-corrected chi connectivity index (χ2v) is 5.68. The van der Waals surface area contributed by atoms with E-state index in [4.69, 9.17) is 0 Å². The fourth-order valence-electron chi connectivity index (χ4n) is 1.42. The molecule has 1 aromatic carbocycles. The van der Waals surface area contributed by atoms with E-state index in [0.717, 1.165) is 0 Å². The summed E-state index contributed by atoms with van der Waals surface area (Å²) in [6, 6.07) is 8.51. The summed E-state index contributed by atoms with van der Waals surface area (Å²) < 4.78 is 39.1. The molecule has 0 aliphatic heterocycles. The number of hydrogen-bond donors (Lipinski definition) is 1. The smallest absolute Gasteiger partial charge is 0.294 e. The number of carbonyl (C=O) groups is 1. The first kappa shape index (κ1) is 17.1. The van der Waals surface area contributed by atoms with Crippen LogP contribution in [0.1, 0.15) is 20.8 Å². The maximum atomic E-state index is 13.0. The minimum Gasteiger partial charge on any atom is -0.294 e. The molecule has 116 valence electrons. The van der Waals surface area contributed by atoms with Gasteiger partial charge in [0.1, 0.15) is 5.70 Å². The van der Waals surface area contributed by atoms with E-state index in [1.807, 2.05) is 0 Å². The number of para-hydroxylation sites is 1. The summed E-state index contributed by atoms with van der Waals surface area (Å²) in [5.41, 5.74) is 0.816. The highest BCUT2D eigenvalue weighted by Gasteiger charge is 2.36. The highest BCUT2D eigenvalue weighted by Crippen LogP contribution is 2.26. The van der Waals surface area contributed by atoms with Gasteiger partial charge in [0.2, 0.25) is 0 Å². The first-order valence-corrected chi connectivity index (χ1v) is 6.40. The van der Waals surface area contributed by atoms with Crippen molar-refractivity contribution in [3.8, 4) is 0 Å². The molecule has 0 unspecified atom stereocenters. The second-order valence-electron chi connectivity index (χ2n) is 5.68. The van der Waals surface area contributed by atoms with Gasteiger partial charge in [-0.3, -0.25) is 15.2 Å². The molecule has 0 radical (unpaired) electrons. The molecule has 0 atom stereocenters. The van der Waals surface area contributed by atoms with Crippen LogP contribution in [0.15, 0.2) is 42.1 Å². The lowest BCUT2D eigenvalue weighted by Crippen LogP contribution is -2.40. The molecular formula is C15H19F3N2O. The van der Waals surface area contributed by atoms with E-state index in [0.29, 0.717) is 11.8 Å². The van der Waals surface area contributed by atoms with E-state index >= 15 is 0 Å². The Morgan fingerprint density at radius 1 is 1.14 bits per heavy atom. The first-order chi connectivity index (χ1) is 9.51. The van der Waals surface area contributed by atoms with Crippen molar-refractivity contribution in [1.29, 1.82) is 0 Å². The van der Waals surface area contributed by atoms with Crippen LogP contribution in [0.5, 0.6) is 0 Å². The Labute approximate surface area is 122 Å². The molecule has 0 saturated carbocycles. The number of halogens is 3. The van der Waals surface area contributed by atoms with Crippen LogP contribution in [-0.4, -0.2) is 19.0 Å². The fraction of sp³-hybridized carbons (Fsp3) is 0.400. The number of allylic oxidation sites excluding steroid dienone is 2. The molecule has 0 aromatic heterocycles. The van der Waals surface area contributed by atoms with Crippen LogP contribution in [0.2, 0.25) is 0 Å². The van der Waals surface area contributed by atoms with Crippen LogP contribution in [0.25, 0.3) is 0 Å². The number of alkyl halides is 3. The van der Waals surface area contributed by atoms with Crippen molar-refractivity contribution in [1.82, 2.24) is 5.43 Å². The zero-order valence-corrected chi connectivity index (χ0v) is 12.5. The number of anilines is 1. The summed E-state index contributed by atoms with van der Waals surface area (Å²) in [5, 5.41) is 1.22. The SMILES string of the molecule is CN(N/C(=C\C(=O)C(C)(C)C)C(F)(F)F)c1ccccc1. The van der Waals surface area contributed by atoms with Gasteiger partial charge in [-0.2, -0.15) is 13.2 Å². The van der Waals surface area contributed by atoms with Crippen molar-refractivity contribution < 1.29 is 18.0 Å². The predicted octanol–water partition coefficient (Wildman–Crippen LogP) is 3.69. The van der Waals surface area contributed by atoms with Crippen LogP contribution in [0.3, 0.4) is 0 Å². The van der Waals surface area contributed by atoms with Crippen molar-refractivity contribution in [2.75, 3.05) is 12.1 Å². The molecule has 0 fully saturated rings. The van der Waals surface area contributed by atoms with Crippen LogP contribution in [-0.2, 0) is 4.79 Å². The summed E-state index contributed by atoms with van der Waals surface area (Å²) in [5.74, 6) is -0.594. The van der Waals surface area contributed by atoms with Gasteiger partial charge in [-0.15, -0.1) is 0 Å². The number of carbonyl (C=O) groups excluding carboxylic acids is 1. The second kappa shape index (κ2) is 6.20. The number of ketones is 1. The Kier molecular flexibility index (Phi) is 5.04. The molecule has 0 saturated heterocycles. The lowest BCUT2D eigenvalue weighted by atomic mass is 9.90.